The predicted molar refractivity (Wildman–Crippen MR) is 49.6 cm³/mol. The Bertz CT molecular complexity index is 252. The zero-order valence-corrected chi connectivity index (χ0v) is 8.01. The van der Waals surface area contributed by atoms with Crippen molar-refractivity contribution in [2.24, 2.45) is 0 Å². The van der Waals surface area contributed by atoms with Gasteiger partial charge in [-0.05, 0) is 19.4 Å². The Kier molecular flexibility index (Phi) is 3.35. The van der Waals surface area contributed by atoms with Crippen molar-refractivity contribution >= 4 is 11.6 Å². The van der Waals surface area contributed by atoms with Crippen molar-refractivity contribution in [1.29, 1.82) is 0 Å². The Morgan fingerprint density at radius 1 is 1.67 bits per heavy atom. The molecule has 0 radical (unpaired) electrons. The van der Waals surface area contributed by atoms with Crippen LogP contribution in [-0.4, -0.2) is 11.1 Å². The molecule has 1 aromatic rings. The fourth-order valence-electron chi connectivity index (χ4n) is 0.739. The standard InChI is InChI=1S/C9H12ClNO/c1-3-7(2)12-9-6-8(10)4-5-11-9/h4-7H,3H2,1-2H3/t7-/m1/s1. The lowest BCUT2D eigenvalue weighted by atomic mass is 10.3. The highest BCUT2D eigenvalue weighted by atomic mass is 35.5. The van der Waals surface area contributed by atoms with Crippen LogP contribution in [0.3, 0.4) is 0 Å². The molecular weight excluding hydrogens is 174 g/mol. The number of nitrogens with zero attached hydrogens (tertiary/aromatic N) is 1. The average molecular weight is 186 g/mol. The second-order valence-electron chi connectivity index (χ2n) is 2.65. The van der Waals surface area contributed by atoms with Crippen molar-refractivity contribution in [1.82, 2.24) is 4.98 Å². The molecule has 0 aliphatic carbocycles. The minimum atomic E-state index is 0.191. The number of rotatable bonds is 3. The quantitative estimate of drug-likeness (QED) is 0.723. The first-order valence-corrected chi connectivity index (χ1v) is 4.38. The van der Waals surface area contributed by atoms with Crippen LogP contribution in [0, 0.1) is 0 Å². The third-order valence-corrected chi connectivity index (χ3v) is 1.83. The fourth-order valence-corrected chi connectivity index (χ4v) is 0.889. The van der Waals surface area contributed by atoms with Crippen LogP contribution in [0.15, 0.2) is 18.3 Å². The Morgan fingerprint density at radius 2 is 2.42 bits per heavy atom. The number of hydrogen-bond acceptors (Lipinski definition) is 2. The summed E-state index contributed by atoms with van der Waals surface area (Å²) in [7, 11) is 0. The summed E-state index contributed by atoms with van der Waals surface area (Å²) in [6.45, 7) is 4.07. The number of ether oxygens (including phenoxy) is 1. The lowest BCUT2D eigenvalue weighted by Crippen LogP contribution is -2.10. The molecule has 0 aromatic carbocycles. The van der Waals surface area contributed by atoms with Crippen LogP contribution in [0.4, 0.5) is 0 Å². The second-order valence-corrected chi connectivity index (χ2v) is 3.09. The normalized spacial score (nSPS) is 12.6. The van der Waals surface area contributed by atoms with E-state index in [9.17, 15) is 0 Å². The lowest BCUT2D eigenvalue weighted by Gasteiger charge is -2.10. The molecular formula is C9H12ClNO. The molecule has 0 unspecified atom stereocenters. The average Bonchev–Trinajstić information content (AvgIpc) is 2.04. The molecule has 0 aliphatic heterocycles. The Balaban J connectivity index is 2.63. The van der Waals surface area contributed by atoms with E-state index in [1.54, 1.807) is 18.3 Å². The van der Waals surface area contributed by atoms with Crippen LogP contribution in [-0.2, 0) is 0 Å². The first-order chi connectivity index (χ1) is 5.72. The van der Waals surface area contributed by atoms with E-state index in [0.29, 0.717) is 10.9 Å². The third kappa shape index (κ3) is 2.70. The van der Waals surface area contributed by atoms with Gasteiger partial charge < -0.3 is 4.74 Å². The number of halogens is 1. The van der Waals surface area contributed by atoms with Crippen LogP contribution in [0.1, 0.15) is 20.3 Å². The zero-order chi connectivity index (χ0) is 8.97. The van der Waals surface area contributed by atoms with Gasteiger partial charge in [0.25, 0.3) is 0 Å². The third-order valence-electron chi connectivity index (χ3n) is 1.59. The largest absolute Gasteiger partial charge is 0.475 e. The SMILES string of the molecule is CC[C@@H](C)Oc1cc(Cl)ccn1. The van der Waals surface area contributed by atoms with E-state index in [1.165, 1.54) is 0 Å². The van der Waals surface area contributed by atoms with Crippen molar-refractivity contribution in [2.75, 3.05) is 0 Å². The summed E-state index contributed by atoms with van der Waals surface area (Å²) in [6, 6.07) is 3.44. The molecule has 0 aliphatic rings. The molecule has 0 saturated carbocycles. The van der Waals surface area contributed by atoms with Gasteiger partial charge in [-0.1, -0.05) is 18.5 Å². The van der Waals surface area contributed by atoms with E-state index < -0.39 is 0 Å². The Morgan fingerprint density at radius 3 is 3.00 bits per heavy atom. The number of hydrogen-bond donors (Lipinski definition) is 0. The van der Waals surface area contributed by atoms with Crippen LogP contribution in [0.5, 0.6) is 5.88 Å². The molecule has 0 amide bonds. The molecule has 1 rings (SSSR count). The van der Waals surface area contributed by atoms with Gasteiger partial charge in [0.2, 0.25) is 5.88 Å². The minimum absolute atomic E-state index is 0.191. The molecule has 1 aromatic heterocycles. The first-order valence-electron chi connectivity index (χ1n) is 4.00. The maximum absolute atomic E-state index is 5.75. The maximum Gasteiger partial charge on any atom is 0.214 e. The molecule has 0 N–H and O–H groups in total. The van der Waals surface area contributed by atoms with Crippen LogP contribution in [0.25, 0.3) is 0 Å². The van der Waals surface area contributed by atoms with Crippen LogP contribution >= 0.6 is 11.6 Å². The summed E-state index contributed by atoms with van der Waals surface area (Å²) >= 11 is 5.75. The molecule has 66 valence electrons. The number of pyridine rings is 1. The van der Waals surface area contributed by atoms with Gasteiger partial charge in [-0.3, -0.25) is 0 Å². The second kappa shape index (κ2) is 4.31. The lowest BCUT2D eigenvalue weighted by molar-refractivity contribution is 0.208. The van der Waals surface area contributed by atoms with Crippen molar-refractivity contribution in [2.45, 2.75) is 26.4 Å². The van der Waals surface area contributed by atoms with E-state index in [1.807, 2.05) is 6.92 Å². The molecule has 0 saturated heterocycles. The number of aromatic nitrogens is 1. The zero-order valence-electron chi connectivity index (χ0n) is 7.25. The first kappa shape index (κ1) is 9.33. The Hall–Kier alpha value is -0.760. The maximum atomic E-state index is 5.75. The molecule has 2 nitrogen and oxygen atoms in total. The highest BCUT2D eigenvalue weighted by Gasteiger charge is 2.01. The summed E-state index contributed by atoms with van der Waals surface area (Å²) in [4.78, 5) is 4.02. The minimum Gasteiger partial charge on any atom is -0.475 e. The molecule has 0 fully saturated rings. The highest BCUT2D eigenvalue weighted by molar-refractivity contribution is 6.30. The van der Waals surface area contributed by atoms with Crippen molar-refractivity contribution in [3.05, 3.63) is 23.4 Å². The fraction of sp³-hybridized carbons (Fsp3) is 0.444. The monoisotopic (exact) mass is 185 g/mol. The van der Waals surface area contributed by atoms with E-state index in [2.05, 4.69) is 11.9 Å². The topological polar surface area (TPSA) is 22.1 Å². The van der Waals surface area contributed by atoms with E-state index in [0.717, 1.165) is 6.42 Å². The molecule has 3 heteroatoms. The van der Waals surface area contributed by atoms with Gasteiger partial charge in [0.15, 0.2) is 0 Å². The van der Waals surface area contributed by atoms with Gasteiger partial charge >= 0.3 is 0 Å². The van der Waals surface area contributed by atoms with E-state index in [4.69, 9.17) is 16.3 Å². The molecule has 0 bridgehead atoms. The molecule has 1 atom stereocenters. The summed E-state index contributed by atoms with van der Waals surface area (Å²) < 4.78 is 5.45. The molecule has 0 spiro atoms. The van der Waals surface area contributed by atoms with Gasteiger partial charge in [-0.2, -0.15) is 0 Å². The molecule has 12 heavy (non-hydrogen) atoms. The highest BCUT2D eigenvalue weighted by Crippen LogP contribution is 2.15. The smallest absolute Gasteiger partial charge is 0.214 e. The van der Waals surface area contributed by atoms with Crippen molar-refractivity contribution in [3.63, 3.8) is 0 Å². The van der Waals surface area contributed by atoms with Crippen molar-refractivity contribution in [3.8, 4) is 5.88 Å². The van der Waals surface area contributed by atoms with Gasteiger partial charge in [-0.15, -0.1) is 0 Å². The van der Waals surface area contributed by atoms with E-state index in [-0.39, 0.29) is 6.10 Å². The summed E-state index contributed by atoms with van der Waals surface area (Å²) in [5.41, 5.74) is 0. The van der Waals surface area contributed by atoms with Crippen LogP contribution in [0.2, 0.25) is 5.02 Å². The van der Waals surface area contributed by atoms with Gasteiger partial charge in [0.05, 0.1) is 6.10 Å². The van der Waals surface area contributed by atoms with Gasteiger partial charge in [-0.25, -0.2) is 4.98 Å². The Labute approximate surface area is 77.5 Å². The van der Waals surface area contributed by atoms with E-state index >= 15 is 0 Å². The van der Waals surface area contributed by atoms with Crippen LogP contribution < -0.4 is 4.74 Å². The van der Waals surface area contributed by atoms with Crippen molar-refractivity contribution < 1.29 is 4.74 Å². The summed E-state index contributed by atoms with van der Waals surface area (Å²) in [5.74, 6) is 0.594. The molecule has 1 heterocycles. The summed E-state index contributed by atoms with van der Waals surface area (Å²) in [5, 5.41) is 0.656. The van der Waals surface area contributed by atoms with Gasteiger partial charge in [0.1, 0.15) is 0 Å². The predicted octanol–water partition coefficient (Wildman–Crippen LogP) is 2.91. The van der Waals surface area contributed by atoms with Gasteiger partial charge in [0, 0.05) is 17.3 Å². The summed E-state index contributed by atoms with van der Waals surface area (Å²) in [6.07, 6.45) is 2.80.